The molecule has 1 fully saturated rings. The summed E-state index contributed by atoms with van der Waals surface area (Å²) in [6.07, 6.45) is 8.20. The van der Waals surface area contributed by atoms with Gasteiger partial charge in [0.1, 0.15) is 0 Å². The third-order valence-corrected chi connectivity index (χ3v) is 4.76. The van der Waals surface area contributed by atoms with Crippen molar-refractivity contribution in [1.29, 1.82) is 0 Å². The first-order valence-electron chi connectivity index (χ1n) is 9.56. The van der Waals surface area contributed by atoms with Gasteiger partial charge >= 0.3 is 0 Å². The summed E-state index contributed by atoms with van der Waals surface area (Å²) in [5, 5.41) is 9.35. The van der Waals surface area contributed by atoms with Crippen LogP contribution in [-0.4, -0.2) is 32.0 Å². The van der Waals surface area contributed by atoms with E-state index in [-0.39, 0.29) is 5.91 Å². The van der Waals surface area contributed by atoms with E-state index in [1.54, 1.807) is 7.05 Å². The van der Waals surface area contributed by atoms with Crippen molar-refractivity contribution in [3.8, 4) is 0 Å². The first-order valence-corrected chi connectivity index (χ1v) is 9.56. The van der Waals surface area contributed by atoms with Gasteiger partial charge in [0, 0.05) is 25.7 Å². The summed E-state index contributed by atoms with van der Waals surface area (Å²) in [6.45, 7) is 4.50. The zero-order chi connectivity index (χ0) is 17.9. The van der Waals surface area contributed by atoms with Crippen molar-refractivity contribution in [2.75, 3.05) is 20.1 Å². The molecule has 1 aliphatic carbocycles. The normalized spacial score (nSPS) is 15.2. The maximum absolute atomic E-state index is 11.6. The molecule has 25 heavy (non-hydrogen) atoms. The molecule has 5 nitrogen and oxygen atoms in total. The fourth-order valence-corrected chi connectivity index (χ4v) is 3.31. The largest absolute Gasteiger partial charge is 0.357 e. The molecule has 1 aliphatic rings. The highest BCUT2D eigenvalue weighted by Gasteiger charge is 2.14. The Labute approximate surface area is 151 Å². The quantitative estimate of drug-likeness (QED) is 0.386. The molecule has 5 heteroatoms. The molecular weight excluding hydrogens is 312 g/mol. The van der Waals surface area contributed by atoms with Crippen molar-refractivity contribution < 1.29 is 4.79 Å². The second kappa shape index (κ2) is 10.7. The van der Waals surface area contributed by atoms with E-state index < -0.39 is 0 Å². The standard InChI is InChI=1S/C20H32N4O/c1-3-22-20(23-14-6-9-16-7-4-5-8-16)24-15-17-10-12-18(13-11-17)19(25)21-2/h10-13,16H,3-9,14-15H2,1-2H3,(H,21,25)(H2,22,23,24). The van der Waals surface area contributed by atoms with E-state index in [9.17, 15) is 4.79 Å². The first kappa shape index (κ1) is 19.3. The molecule has 0 unspecified atom stereocenters. The number of hydrogen-bond acceptors (Lipinski definition) is 2. The summed E-state index contributed by atoms with van der Waals surface area (Å²) in [6, 6.07) is 7.59. The highest BCUT2D eigenvalue weighted by atomic mass is 16.1. The van der Waals surface area contributed by atoms with Gasteiger partial charge in [-0.05, 0) is 43.4 Å². The third-order valence-electron chi connectivity index (χ3n) is 4.76. The molecule has 0 atom stereocenters. The summed E-state index contributed by atoms with van der Waals surface area (Å²) in [5.74, 6) is 1.75. The number of guanidine groups is 1. The smallest absolute Gasteiger partial charge is 0.251 e. The molecule has 2 rings (SSSR count). The second-order valence-electron chi connectivity index (χ2n) is 6.69. The zero-order valence-corrected chi connectivity index (χ0v) is 15.6. The van der Waals surface area contributed by atoms with E-state index in [4.69, 9.17) is 0 Å². The molecule has 1 aromatic carbocycles. The molecule has 0 bridgehead atoms. The van der Waals surface area contributed by atoms with Gasteiger partial charge in [-0.25, -0.2) is 4.99 Å². The van der Waals surface area contributed by atoms with Gasteiger partial charge in [0.25, 0.3) is 5.91 Å². The molecule has 1 amide bonds. The maximum Gasteiger partial charge on any atom is 0.251 e. The minimum atomic E-state index is -0.0627. The predicted molar refractivity (Wildman–Crippen MR) is 104 cm³/mol. The summed E-state index contributed by atoms with van der Waals surface area (Å²) in [7, 11) is 1.64. The van der Waals surface area contributed by atoms with Crippen LogP contribution in [0, 0.1) is 5.92 Å². The van der Waals surface area contributed by atoms with E-state index in [2.05, 4.69) is 27.9 Å². The van der Waals surface area contributed by atoms with Crippen LogP contribution in [0.5, 0.6) is 0 Å². The Morgan fingerprint density at radius 2 is 1.88 bits per heavy atom. The van der Waals surface area contributed by atoms with E-state index in [1.165, 1.54) is 38.5 Å². The summed E-state index contributed by atoms with van der Waals surface area (Å²) in [4.78, 5) is 16.2. The number of amides is 1. The number of nitrogens with zero attached hydrogens (tertiary/aromatic N) is 1. The van der Waals surface area contributed by atoms with Crippen molar-refractivity contribution in [2.24, 2.45) is 10.9 Å². The highest BCUT2D eigenvalue weighted by molar-refractivity contribution is 5.93. The van der Waals surface area contributed by atoms with Crippen LogP contribution in [0.25, 0.3) is 0 Å². The van der Waals surface area contributed by atoms with Gasteiger partial charge in [0.15, 0.2) is 5.96 Å². The SMILES string of the molecule is CCNC(=NCc1ccc(C(=O)NC)cc1)NCCCC1CCCC1. The fraction of sp³-hybridized carbons (Fsp3) is 0.600. The van der Waals surface area contributed by atoms with Crippen LogP contribution in [0.15, 0.2) is 29.3 Å². The van der Waals surface area contributed by atoms with Gasteiger partial charge < -0.3 is 16.0 Å². The number of hydrogen-bond donors (Lipinski definition) is 3. The topological polar surface area (TPSA) is 65.5 Å². The molecular formula is C20H32N4O. The summed E-state index contributed by atoms with van der Waals surface area (Å²) >= 11 is 0. The number of carbonyl (C=O) groups excluding carboxylic acids is 1. The Bertz CT molecular complexity index is 547. The first-order chi connectivity index (χ1) is 12.2. The summed E-state index contributed by atoms with van der Waals surface area (Å²) < 4.78 is 0. The number of nitrogens with one attached hydrogen (secondary N) is 3. The number of rotatable bonds is 8. The van der Waals surface area contributed by atoms with Crippen molar-refractivity contribution in [3.05, 3.63) is 35.4 Å². The lowest BCUT2D eigenvalue weighted by molar-refractivity contribution is 0.0963. The predicted octanol–water partition coefficient (Wildman–Crippen LogP) is 3.07. The van der Waals surface area contributed by atoms with E-state index in [0.717, 1.165) is 30.5 Å². The Balaban J connectivity index is 1.78. The third kappa shape index (κ3) is 6.77. The molecule has 3 N–H and O–H groups in total. The molecule has 1 saturated carbocycles. The summed E-state index contributed by atoms with van der Waals surface area (Å²) in [5.41, 5.74) is 1.77. The van der Waals surface area contributed by atoms with Gasteiger partial charge in [-0.15, -0.1) is 0 Å². The Morgan fingerprint density at radius 1 is 1.16 bits per heavy atom. The number of carbonyl (C=O) groups is 1. The lowest BCUT2D eigenvalue weighted by Gasteiger charge is -2.13. The Kier molecular flexibility index (Phi) is 8.29. The van der Waals surface area contributed by atoms with E-state index in [1.807, 2.05) is 24.3 Å². The molecule has 0 saturated heterocycles. The molecule has 138 valence electrons. The fourth-order valence-electron chi connectivity index (χ4n) is 3.31. The van der Waals surface area contributed by atoms with Gasteiger partial charge in [-0.2, -0.15) is 0 Å². The van der Waals surface area contributed by atoms with Crippen molar-refractivity contribution in [3.63, 3.8) is 0 Å². The minimum Gasteiger partial charge on any atom is -0.357 e. The average molecular weight is 345 g/mol. The molecule has 0 radical (unpaired) electrons. The minimum absolute atomic E-state index is 0.0627. The average Bonchev–Trinajstić information content (AvgIpc) is 3.16. The van der Waals surface area contributed by atoms with Crippen LogP contribution in [0.4, 0.5) is 0 Å². The van der Waals surface area contributed by atoms with Crippen LogP contribution < -0.4 is 16.0 Å². The van der Waals surface area contributed by atoms with Gasteiger partial charge in [-0.1, -0.05) is 37.8 Å². The molecule has 0 heterocycles. The lowest BCUT2D eigenvalue weighted by Crippen LogP contribution is -2.37. The van der Waals surface area contributed by atoms with Gasteiger partial charge in [-0.3, -0.25) is 4.79 Å². The van der Waals surface area contributed by atoms with Gasteiger partial charge in [0.2, 0.25) is 0 Å². The molecule has 0 spiro atoms. The van der Waals surface area contributed by atoms with Crippen molar-refractivity contribution in [1.82, 2.24) is 16.0 Å². The molecule has 0 aromatic heterocycles. The molecule has 1 aromatic rings. The van der Waals surface area contributed by atoms with Crippen molar-refractivity contribution in [2.45, 2.75) is 52.0 Å². The second-order valence-corrected chi connectivity index (χ2v) is 6.69. The Hall–Kier alpha value is -2.04. The number of aliphatic imine (C=N–C) groups is 1. The Morgan fingerprint density at radius 3 is 2.52 bits per heavy atom. The van der Waals surface area contributed by atoms with Crippen LogP contribution in [0.2, 0.25) is 0 Å². The maximum atomic E-state index is 11.6. The van der Waals surface area contributed by atoms with Crippen molar-refractivity contribution >= 4 is 11.9 Å². The van der Waals surface area contributed by atoms with E-state index >= 15 is 0 Å². The van der Waals surface area contributed by atoms with Gasteiger partial charge in [0.05, 0.1) is 6.54 Å². The lowest BCUT2D eigenvalue weighted by atomic mass is 10.0. The van der Waals surface area contributed by atoms with Crippen LogP contribution in [0.1, 0.15) is 61.4 Å². The van der Waals surface area contributed by atoms with Crippen LogP contribution >= 0.6 is 0 Å². The van der Waals surface area contributed by atoms with Crippen LogP contribution in [-0.2, 0) is 6.54 Å². The van der Waals surface area contributed by atoms with E-state index in [0.29, 0.717) is 12.1 Å². The number of benzene rings is 1. The van der Waals surface area contributed by atoms with Crippen LogP contribution in [0.3, 0.4) is 0 Å². The highest BCUT2D eigenvalue weighted by Crippen LogP contribution is 2.28. The molecule has 0 aliphatic heterocycles. The zero-order valence-electron chi connectivity index (χ0n) is 15.6. The monoisotopic (exact) mass is 344 g/mol.